The fourth-order valence-electron chi connectivity index (χ4n) is 1.93. The van der Waals surface area contributed by atoms with Gasteiger partial charge in [-0.25, -0.2) is 9.97 Å². The average Bonchev–Trinajstić information content (AvgIpc) is 2.34. The lowest BCUT2D eigenvalue weighted by Gasteiger charge is -2.21. The third-order valence-electron chi connectivity index (χ3n) is 2.78. The minimum absolute atomic E-state index is 0.175. The van der Waals surface area contributed by atoms with Crippen LogP contribution in [0, 0.1) is 0 Å². The van der Waals surface area contributed by atoms with Gasteiger partial charge in [-0.05, 0) is 0 Å². The van der Waals surface area contributed by atoms with Crippen LogP contribution in [0.5, 0.6) is 0 Å². The first-order valence-electron chi connectivity index (χ1n) is 5.68. The molecule has 18 heavy (non-hydrogen) atoms. The Kier molecular flexibility index (Phi) is 3.82. The molecule has 0 bridgehead atoms. The average molecular weight is 261 g/mol. The Balaban J connectivity index is 2.41. The largest absolute Gasteiger partial charge is 0.433 e. The van der Waals surface area contributed by atoms with E-state index < -0.39 is 11.9 Å². The Hall–Kier alpha value is -1.21. The summed E-state index contributed by atoms with van der Waals surface area (Å²) < 4.78 is 43.6. The summed E-state index contributed by atoms with van der Waals surface area (Å²) in [5.74, 6) is 0.199. The molecule has 0 fully saturated rings. The molecule has 4 nitrogen and oxygen atoms in total. The minimum atomic E-state index is -4.44. The molecular formula is C11H14F3N3O. The molecule has 0 saturated carbocycles. The molecule has 7 heteroatoms. The predicted molar refractivity (Wildman–Crippen MR) is 58.0 cm³/mol. The summed E-state index contributed by atoms with van der Waals surface area (Å²) in [4.78, 5) is 7.83. The predicted octanol–water partition coefficient (Wildman–Crippen LogP) is 1.33. The van der Waals surface area contributed by atoms with Crippen LogP contribution in [0.4, 0.5) is 13.2 Å². The van der Waals surface area contributed by atoms with Gasteiger partial charge in [0, 0.05) is 38.6 Å². The summed E-state index contributed by atoms with van der Waals surface area (Å²) in [6.45, 7) is 1.13. The minimum Gasteiger partial charge on any atom is -0.384 e. The van der Waals surface area contributed by atoms with Crippen molar-refractivity contribution in [3.05, 3.63) is 22.8 Å². The van der Waals surface area contributed by atoms with Gasteiger partial charge in [-0.1, -0.05) is 0 Å². The van der Waals surface area contributed by atoms with E-state index in [9.17, 15) is 13.2 Å². The summed E-state index contributed by atoms with van der Waals surface area (Å²) in [5.41, 5.74) is -0.136. The molecule has 1 aliphatic heterocycles. The molecule has 100 valence electrons. The number of rotatable bonds is 3. The number of fused-ring (bicyclic) bond motifs is 1. The Morgan fingerprint density at radius 1 is 1.33 bits per heavy atom. The van der Waals surface area contributed by atoms with Crippen molar-refractivity contribution in [2.24, 2.45) is 0 Å². The van der Waals surface area contributed by atoms with Crippen LogP contribution < -0.4 is 5.32 Å². The highest BCUT2D eigenvalue weighted by Crippen LogP contribution is 2.32. The van der Waals surface area contributed by atoms with Gasteiger partial charge in [0.2, 0.25) is 0 Å². The SMILES string of the molecule is COCCc1nc2c(c(C(F)(F)F)n1)CNCC2. The summed E-state index contributed by atoms with van der Waals surface area (Å²) in [5, 5.41) is 2.91. The molecule has 0 radical (unpaired) electrons. The molecule has 2 heterocycles. The van der Waals surface area contributed by atoms with Crippen molar-refractivity contribution in [1.82, 2.24) is 15.3 Å². The van der Waals surface area contributed by atoms with Crippen LogP contribution in [0.1, 0.15) is 22.8 Å². The van der Waals surface area contributed by atoms with E-state index in [1.807, 2.05) is 0 Å². The standard InChI is InChI=1S/C11H14F3N3O/c1-18-5-3-9-16-8-2-4-15-6-7(8)10(17-9)11(12,13)14/h15H,2-6H2,1H3. The Bertz CT molecular complexity index is 434. The van der Waals surface area contributed by atoms with Gasteiger partial charge in [0.25, 0.3) is 0 Å². The lowest BCUT2D eigenvalue weighted by Crippen LogP contribution is -2.29. The van der Waals surface area contributed by atoms with Crippen molar-refractivity contribution in [1.29, 1.82) is 0 Å². The molecule has 1 aliphatic rings. The van der Waals surface area contributed by atoms with Crippen molar-refractivity contribution in [3.8, 4) is 0 Å². The Morgan fingerprint density at radius 2 is 2.11 bits per heavy atom. The maximum atomic E-state index is 12.9. The van der Waals surface area contributed by atoms with Crippen molar-refractivity contribution >= 4 is 0 Å². The summed E-state index contributed by atoms with van der Waals surface area (Å²) in [7, 11) is 1.49. The van der Waals surface area contributed by atoms with Crippen LogP contribution in [0.25, 0.3) is 0 Å². The molecule has 0 unspecified atom stereocenters. The monoisotopic (exact) mass is 261 g/mol. The molecule has 0 aromatic carbocycles. The number of hydrogen-bond donors (Lipinski definition) is 1. The van der Waals surface area contributed by atoms with Crippen LogP contribution in [-0.4, -0.2) is 30.2 Å². The van der Waals surface area contributed by atoms with Gasteiger partial charge >= 0.3 is 6.18 Å². The van der Waals surface area contributed by atoms with Crippen molar-refractivity contribution < 1.29 is 17.9 Å². The van der Waals surface area contributed by atoms with Crippen LogP contribution in [-0.2, 0) is 30.3 Å². The zero-order chi connectivity index (χ0) is 13.2. The number of ether oxygens (including phenoxy) is 1. The van der Waals surface area contributed by atoms with Crippen molar-refractivity contribution in [3.63, 3.8) is 0 Å². The second-order valence-corrected chi connectivity index (χ2v) is 4.08. The third kappa shape index (κ3) is 2.78. The van der Waals surface area contributed by atoms with Gasteiger partial charge in [0.1, 0.15) is 5.82 Å². The van der Waals surface area contributed by atoms with Crippen LogP contribution in [0.3, 0.4) is 0 Å². The molecule has 0 atom stereocenters. The van der Waals surface area contributed by atoms with E-state index in [1.165, 1.54) is 7.11 Å². The van der Waals surface area contributed by atoms with E-state index in [2.05, 4.69) is 15.3 Å². The molecule has 2 rings (SSSR count). The summed E-state index contributed by atoms with van der Waals surface area (Å²) in [6.07, 6.45) is -3.64. The topological polar surface area (TPSA) is 47.0 Å². The lowest BCUT2D eigenvalue weighted by atomic mass is 10.0. The van der Waals surface area contributed by atoms with Crippen LogP contribution in [0.2, 0.25) is 0 Å². The number of nitrogens with zero attached hydrogens (tertiary/aromatic N) is 2. The van der Waals surface area contributed by atoms with E-state index in [-0.39, 0.29) is 17.9 Å². The second-order valence-electron chi connectivity index (χ2n) is 4.08. The maximum Gasteiger partial charge on any atom is 0.433 e. The van der Waals surface area contributed by atoms with Gasteiger partial charge in [-0.15, -0.1) is 0 Å². The van der Waals surface area contributed by atoms with E-state index in [0.29, 0.717) is 31.7 Å². The summed E-state index contributed by atoms with van der Waals surface area (Å²) >= 11 is 0. The maximum absolute atomic E-state index is 12.9. The highest BCUT2D eigenvalue weighted by Gasteiger charge is 2.37. The smallest absolute Gasteiger partial charge is 0.384 e. The second kappa shape index (κ2) is 5.19. The van der Waals surface area contributed by atoms with Gasteiger partial charge in [0.15, 0.2) is 5.69 Å². The first-order valence-corrected chi connectivity index (χ1v) is 5.68. The molecule has 0 saturated heterocycles. The van der Waals surface area contributed by atoms with Crippen LogP contribution >= 0.6 is 0 Å². The third-order valence-corrected chi connectivity index (χ3v) is 2.78. The zero-order valence-corrected chi connectivity index (χ0v) is 9.97. The summed E-state index contributed by atoms with van der Waals surface area (Å²) in [6, 6.07) is 0. The van der Waals surface area contributed by atoms with Crippen LogP contribution in [0.15, 0.2) is 0 Å². The number of nitrogens with one attached hydrogen (secondary N) is 1. The number of halogens is 3. The van der Waals surface area contributed by atoms with E-state index in [4.69, 9.17) is 4.74 Å². The fraction of sp³-hybridized carbons (Fsp3) is 0.636. The Labute approximate surface area is 103 Å². The molecular weight excluding hydrogens is 247 g/mol. The fourth-order valence-corrected chi connectivity index (χ4v) is 1.93. The van der Waals surface area contributed by atoms with Crippen molar-refractivity contribution in [2.75, 3.05) is 20.3 Å². The highest BCUT2D eigenvalue weighted by molar-refractivity contribution is 5.30. The molecule has 0 amide bonds. The van der Waals surface area contributed by atoms with E-state index in [1.54, 1.807) is 0 Å². The molecule has 0 aliphatic carbocycles. The first-order chi connectivity index (χ1) is 8.52. The lowest BCUT2D eigenvalue weighted by molar-refractivity contribution is -0.142. The van der Waals surface area contributed by atoms with Gasteiger partial charge < -0.3 is 10.1 Å². The first kappa shape index (κ1) is 13.2. The molecule has 1 aromatic heterocycles. The van der Waals surface area contributed by atoms with Crippen molar-refractivity contribution in [2.45, 2.75) is 25.6 Å². The number of alkyl halides is 3. The zero-order valence-electron chi connectivity index (χ0n) is 9.97. The highest BCUT2D eigenvalue weighted by atomic mass is 19.4. The van der Waals surface area contributed by atoms with Gasteiger partial charge in [-0.2, -0.15) is 13.2 Å². The van der Waals surface area contributed by atoms with E-state index >= 15 is 0 Å². The molecule has 1 N–H and O–H groups in total. The quantitative estimate of drug-likeness (QED) is 0.891. The molecule has 1 aromatic rings. The Morgan fingerprint density at radius 3 is 2.78 bits per heavy atom. The molecule has 0 spiro atoms. The van der Waals surface area contributed by atoms with E-state index in [0.717, 1.165) is 0 Å². The van der Waals surface area contributed by atoms with Gasteiger partial charge in [0.05, 0.1) is 12.3 Å². The normalized spacial score (nSPS) is 15.6. The number of aromatic nitrogens is 2. The number of hydrogen-bond acceptors (Lipinski definition) is 4. The van der Waals surface area contributed by atoms with Gasteiger partial charge in [-0.3, -0.25) is 0 Å². The number of methoxy groups -OCH3 is 1.